The Balaban J connectivity index is 2.12. The molecule has 0 aromatic heterocycles. The number of nitrogens with zero attached hydrogens (tertiary/aromatic N) is 2. The molecular weight excluding hydrogens is 396 g/mol. The van der Waals surface area contributed by atoms with Crippen molar-refractivity contribution in [2.45, 2.75) is 4.90 Å². The van der Waals surface area contributed by atoms with Crippen molar-refractivity contribution in [1.82, 2.24) is 0 Å². The Bertz CT molecular complexity index is 973. The third kappa shape index (κ3) is 4.94. The second kappa shape index (κ2) is 8.81. The van der Waals surface area contributed by atoms with E-state index in [0.29, 0.717) is 6.07 Å². The summed E-state index contributed by atoms with van der Waals surface area (Å²) in [5, 5.41) is 21.8. The van der Waals surface area contributed by atoms with Gasteiger partial charge in [0.15, 0.2) is 0 Å². The average molecular weight is 408 g/mol. The van der Waals surface area contributed by atoms with E-state index in [2.05, 4.69) is 4.74 Å². The maximum absolute atomic E-state index is 12.3. The van der Waals surface area contributed by atoms with E-state index < -0.39 is 49.7 Å². The molecule has 11 nitrogen and oxygen atoms in total. The summed E-state index contributed by atoms with van der Waals surface area (Å²) in [6.07, 6.45) is 0. The summed E-state index contributed by atoms with van der Waals surface area (Å²) in [5.41, 5.74) is -1.05. The normalized spacial score (nSPS) is 11.3. The van der Waals surface area contributed by atoms with Gasteiger partial charge in [-0.3, -0.25) is 29.2 Å². The second-order valence-corrected chi connectivity index (χ2v) is 6.57. The summed E-state index contributed by atoms with van der Waals surface area (Å²) in [6.45, 7) is 0. The molecule has 0 aliphatic carbocycles. The van der Waals surface area contributed by atoms with E-state index in [1.54, 1.807) is 0 Å². The maximum atomic E-state index is 12.3. The van der Waals surface area contributed by atoms with E-state index in [4.69, 9.17) is 4.74 Å². The zero-order chi connectivity index (χ0) is 20.8. The van der Waals surface area contributed by atoms with Crippen LogP contribution in [0.3, 0.4) is 0 Å². The number of nitro benzene ring substituents is 2. The van der Waals surface area contributed by atoms with Crippen LogP contribution >= 0.6 is 0 Å². The first-order chi connectivity index (χ1) is 13.2. The number of hydrogen-bond donors (Lipinski definition) is 0. The van der Waals surface area contributed by atoms with E-state index >= 15 is 0 Å². The molecule has 0 saturated carbocycles. The molecular formula is C16H12N2O9S. The van der Waals surface area contributed by atoms with Crippen molar-refractivity contribution in [3.63, 3.8) is 0 Å². The lowest BCUT2D eigenvalue weighted by atomic mass is 10.2. The second-order valence-electron chi connectivity index (χ2n) is 5.15. The number of carbonyl (C=O) groups is 2. The van der Waals surface area contributed by atoms with Crippen molar-refractivity contribution in [3.05, 3.63) is 68.3 Å². The van der Waals surface area contributed by atoms with Gasteiger partial charge in [-0.25, -0.2) is 4.79 Å². The number of non-ortho nitro benzene ring substituents is 1. The summed E-state index contributed by atoms with van der Waals surface area (Å²) < 4.78 is 21.8. The third-order valence-electron chi connectivity index (χ3n) is 3.35. The van der Waals surface area contributed by atoms with Crippen molar-refractivity contribution in [2.75, 3.05) is 12.9 Å². The molecule has 0 aliphatic rings. The molecule has 146 valence electrons. The average Bonchev–Trinajstić information content (AvgIpc) is 2.67. The number of esters is 2. The zero-order valence-electron chi connectivity index (χ0n) is 14.2. The molecule has 0 bridgehead atoms. The first-order valence-electron chi connectivity index (χ1n) is 7.43. The van der Waals surface area contributed by atoms with Crippen LogP contribution in [0, 0.1) is 20.2 Å². The number of nitro groups is 2. The van der Waals surface area contributed by atoms with Crippen molar-refractivity contribution < 1.29 is 33.1 Å². The van der Waals surface area contributed by atoms with Gasteiger partial charge in [-0.15, -0.1) is 0 Å². The minimum absolute atomic E-state index is 0.0628. The Morgan fingerprint density at radius 3 is 2.21 bits per heavy atom. The Morgan fingerprint density at radius 1 is 1.04 bits per heavy atom. The fraction of sp³-hybridized carbons (Fsp3) is 0.125. The Hall–Kier alpha value is -3.67. The van der Waals surface area contributed by atoms with Crippen LogP contribution in [0.15, 0.2) is 47.4 Å². The van der Waals surface area contributed by atoms with Gasteiger partial charge in [0.05, 0.1) is 39.4 Å². The lowest BCUT2D eigenvalue weighted by molar-refractivity contribution is -0.396. The van der Waals surface area contributed by atoms with Gasteiger partial charge < -0.3 is 9.47 Å². The van der Waals surface area contributed by atoms with Crippen LogP contribution in [0.1, 0.15) is 10.4 Å². The standard InChI is InChI=1S/C16H12N2O9S/c1-26-16(20)10-2-5-12(6-3-10)27-15(19)9-28(25)14-7-4-11(17(21)22)8-13(14)18(23)24/h2-8H,9H2,1H3. The monoisotopic (exact) mass is 408 g/mol. The Labute approximate surface area is 159 Å². The van der Waals surface area contributed by atoms with E-state index in [1.807, 2.05) is 0 Å². The van der Waals surface area contributed by atoms with Gasteiger partial charge in [-0.05, 0) is 30.3 Å². The SMILES string of the molecule is COC(=O)c1ccc(OC(=O)CS(=O)c2ccc([N+](=O)[O-])cc2[N+](=O)[O-])cc1. The maximum Gasteiger partial charge on any atom is 0.337 e. The molecule has 0 heterocycles. The predicted octanol–water partition coefficient (Wildman–Crippen LogP) is 2.00. The summed E-state index contributed by atoms with van der Waals surface area (Å²) in [7, 11) is -0.956. The summed E-state index contributed by atoms with van der Waals surface area (Å²) in [5.74, 6) is -2.17. The van der Waals surface area contributed by atoms with E-state index in [9.17, 15) is 34.0 Å². The molecule has 0 saturated heterocycles. The van der Waals surface area contributed by atoms with Crippen LogP contribution in [0.5, 0.6) is 5.75 Å². The van der Waals surface area contributed by atoms with Crippen LogP contribution in [0.2, 0.25) is 0 Å². The minimum Gasteiger partial charge on any atom is -0.465 e. The van der Waals surface area contributed by atoms with Crippen LogP contribution < -0.4 is 4.74 Å². The zero-order valence-corrected chi connectivity index (χ0v) is 15.0. The summed E-state index contributed by atoms with van der Waals surface area (Å²) in [4.78, 5) is 43.0. The van der Waals surface area contributed by atoms with Crippen LogP contribution in [-0.4, -0.2) is 38.9 Å². The molecule has 2 aromatic rings. The van der Waals surface area contributed by atoms with Gasteiger partial charge in [-0.2, -0.15) is 0 Å². The fourth-order valence-electron chi connectivity index (χ4n) is 2.08. The fourth-order valence-corrected chi connectivity index (χ4v) is 3.09. The van der Waals surface area contributed by atoms with Crippen molar-refractivity contribution in [2.24, 2.45) is 0 Å². The van der Waals surface area contributed by atoms with Gasteiger partial charge in [0.25, 0.3) is 11.4 Å². The Morgan fingerprint density at radius 2 is 1.68 bits per heavy atom. The number of ether oxygens (including phenoxy) is 2. The quantitative estimate of drug-likeness (QED) is 0.289. The third-order valence-corrected chi connectivity index (χ3v) is 4.69. The number of carbonyl (C=O) groups excluding carboxylic acids is 2. The molecule has 28 heavy (non-hydrogen) atoms. The molecule has 12 heteroatoms. The van der Waals surface area contributed by atoms with Gasteiger partial charge >= 0.3 is 11.9 Å². The predicted molar refractivity (Wildman–Crippen MR) is 94.4 cm³/mol. The highest BCUT2D eigenvalue weighted by Crippen LogP contribution is 2.27. The topological polar surface area (TPSA) is 156 Å². The summed E-state index contributed by atoms with van der Waals surface area (Å²) >= 11 is 0. The van der Waals surface area contributed by atoms with Gasteiger partial charge in [-0.1, -0.05) is 0 Å². The van der Waals surface area contributed by atoms with Gasteiger partial charge in [0.1, 0.15) is 16.4 Å². The van der Waals surface area contributed by atoms with Crippen molar-refractivity contribution in [1.29, 1.82) is 0 Å². The molecule has 2 rings (SSSR count). The lowest BCUT2D eigenvalue weighted by Crippen LogP contribution is -2.17. The molecule has 0 radical (unpaired) electrons. The minimum atomic E-state index is -2.17. The first kappa shape index (κ1) is 20.6. The highest BCUT2D eigenvalue weighted by molar-refractivity contribution is 7.86. The smallest absolute Gasteiger partial charge is 0.337 e. The molecule has 0 spiro atoms. The number of hydrogen-bond acceptors (Lipinski definition) is 9. The molecule has 0 amide bonds. The lowest BCUT2D eigenvalue weighted by Gasteiger charge is -2.06. The van der Waals surface area contributed by atoms with Gasteiger partial charge in [0, 0.05) is 6.07 Å². The summed E-state index contributed by atoms with van der Waals surface area (Å²) in [6, 6.07) is 7.94. The van der Waals surface area contributed by atoms with Gasteiger partial charge in [0.2, 0.25) is 0 Å². The largest absolute Gasteiger partial charge is 0.465 e. The highest BCUT2D eigenvalue weighted by Gasteiger charge is 2.25. The molecule has 1 unspecified atom stereocenters. The van der Waals surface area contributed by atoms with Crippen LogP contribution in [0.25, 0.3) is 0 Å². The number of benzene rings is 2. The van der Waals surface area contributed by atoms with E-state index in [1.165, 1.54) is 31.4 Å². The molecule has 0 aliphatic heterocycles. The van der Waals surface area contributed by atoms with E-state index in [-0.39, 0.29) is 16.2 Å². The molecule has 0 N–H and O–H groups in total. The number of methoxy groups -OCH3 is 1. The number of rotatable bonds is 7. The Kier molecular flexibility index (Phi) is 6.50. The van der Waals surface area contributed by atoms with Crippen LogP contribution in [-0.2, 0) is 20.3 Å². The van der Waals surface area contributed by atoms with Crippen LogP contribution in [0.4, 0.5) is 11.4 Å². The van der Waals surface area contributed by atoms with Crippen molar-refractivity contribution >= 4 is 34.1 Å². The molecule has 2 aromatic carbocycles. The first-order valence-corrected chi connectivity index (χ1v) is 8.75. The van der Waals surface area contributed by atoms with E-state index in [0.717, 1.165) is 12.1 Å². The molecule has 1 atom stereocenters. The van der Waals surface area contributed by atoms with Crippen molar-refractivity contribution in [3.8, 4) is 5.75 Å². The molecule has 0 fully saturated rings. The highest BCUT2D eigenvalue weighted by atomic mass is 32.2.